The van der Waals surface area contributed by atoms with Crippen molar-refractivity contribution in [3.63, 3.8) is 0 Å². The monoisotopic (exact) mass is 260 g/mol. The number of primary amides is 1. The molecule has 0 fully saturated rings. The third-order valence-electron chi connectivity index (χ3n) is 2.72. The summed E-state index contributed by atoms with van der Waals surface area (Å²) in [5.41, 5.74) is 6.08. The van der Waals surface area contributed by atoms with Crippen LogP contribution in [0.25, 0.3) is 10.9 Å². The summed E-state index contributed by atoms with van der Waals surface area (Å²) in [6.45, 7) is 2.14. The highest BCUT2D eigenvalue weighted by Gasteiger charge is 2.05. The van der Waals surface area contributed by atoms with E-state index in [0.717, 1.165) is 5.39 Å². The van der Waals surface area contributed by atoms with Gasteiger partial charge in [-0.1, -0.05) is 6.07 Å². The van der Waals surface area contributed by atoms with Crippen molar-refractivity contribution in [2.75, 3.05) is 6.61 Å². The number of nitrogens with zero attached hydrogens (tertiary/aromatic N) is 1. The predicted molar refractivity (Wildman–Crippen MR) is 72.1 cm³/mol. The van der Waals surface area contributed by atoms with Gasteiger partial charge in [-0.2, -0.15) is 0 Å². The Morgan fingerprint density at radius 2 is 2.16 bits per heavy atom. The topological polar surface area (TPSA) is 85.4 Å². The molecular weight excluding hydrogens is 244 g/mol. The van der Waals surface area contributed by atoms with E-state index in [1.807, 2.05) is 12.1 Å². The highest BCUT2D eigenvalue weighted by Crippen LogP contribution is 2.20. The van der Waals surface area contributed by atoms with Crippen molar-refractivity contribution in [3.8, 4) is 5.75 Å². The Labute approximate surface area is 111 Å². The maximum atomic E-state index is 11.1. The van der Waals surface area contributed by atoms with Crippen LogP contribution in [0, 0.1) is 0 Å². The molecule has 1 unspecified atom stereocenters. The number of fused-ring (bicyclic) bond motifs is 1. The van der Waals surface area contributed by atoms with E-state index in [1.54, 1.807) is 25.1 Å². The maximum absolute atomic E-state index is 11.1. The molecule has 19 heavy (non-hydrogen) atoms. The van der Waals surface area contributed by atoms with Gasteiger partial charge in [0.1, 0.15) is 11.4 Å². The number of ether oxygens (including phenoxy) is 1. The first-order valence-corrected chi connectivity index (χ1v) is 6.08. The first-order chi connectivity index (χ1) is 9.06. The molecule has 0 radical (unpaired) electrons. The van der Waals surface area contributed by atoms with Crippen LogP contribution >= 0.6 is 0 Å². The van der Waals surface area contributed by atoms with E-state index in [0.29, 0.717) is 24.3 Å². The minimum Gasteiger partial charge on any atom is -0.493 e. The summed E-state index contributed by atoms with van der Waals surface area (Å²) in [5, 5.41) is 10.1. The minimum absolute atomic E-state index is 0.230. The number of aliphatic hydroxyl groups excluding tert-OH is 1. The summed E-state index contributed by atoms with van der Waals surface area (Å²) in [6, 6.07) is 8.84. The Balaban J connectivity index is 2.20. The number of carbonyl (C=O) groups excluding carboxylic acids is 1. The number of nitrogens with two attached hydrogens (primary N) is 1. The van der Waals surface area contributed by atoms with Gasteiger partial charge in [0.05, 0.1) is 18.2 Å². The smallest absolute Gasteiger partial charge is 0.267 e. The second-order valence-corrected chi connectivity index (χ2v) is 4.40. The molecule has 0 saturated heterocycles. The summed E-state index contributed by atoms with van der Waals surface area (Å²) >= 11 is 0. The maximum Gasteiger partial charge on any atom is 0.267 e. The van der Waals surface area contributed by atoms with Gasteiger partial charge in [0.25, 0.3) is 5.91 Å². The van der Waals surface area contributed by atoms with Gasteiger partial charge in [-0.25, -0.2) is 4.98 Å². The Bertz CT molecular complexity index is 596. The van der Waals surface area contributed by atoms with Crippen molar-refractivity contribution >= 4 is 16.8 Å². The first kappa shape index (κ1) is 13.3. The van der Waals surface area contributed by atoms with Crippen LogP contribution in [-0.4, -0.2) is 28.7 Å². The normalized spacial score (nSPS) is 12.3. The molecule has 2 rings (SSSR count). The van der Waals surface area contributed by atoms with Crippen molar-refractivity contribution in [2.45, 2.75) is 19.4 Å². The largest absolute Gasteiger partial charge is 0.493 e. The molecule has 100 valence electrons. The number of hydrogen-bond donors (Lipinski definition) is 2. The van der Waals surface area contributed by atoms with Crippen LogP contribution in [0.2, 0.25) is 0 Å². The van der Waals surface area contributed by atoms with Gasteiger partial charge in [0.15, 0.2) is 0 Å². The number of pyridine rings is 1. The van der Waals surface area contributed by atoms with Crippen LogP contribution in [0.3, 0.4) is 0 Å². The third-order valence-corrected chi connectivity index (χ3v) is 2.72. The van der Waals surface area contributed by atoms with E-state index >= 15 is 0 Å². The lowest BCUT2D eigenvalue weighted by Crippen LogP contribution is -2.12. The number of amides is 1. The number of hydrogen-bond acceptors (Lipinski definition) is 4. The van der Waals surface area contributed by atoms with Crippen molar-refractivity contribution in [2.24, 2.45) is 5.73 Å². The average Bonchev–Trinajstić information content (AvgIpc) is 2.37. The molecule has 0 aliphatic rings. The van der Waals surface area contributed by atoms with E-state index in [-0.39, 0.29) is 11.8 Å². The van der Waals surface area contributed by atoms with E-state index in [9.17, 15) is 4.79 Å². The standard InChI is InChI=1S/C14H16N2O3/c1-9(17)6-7-19-11-4-2-10-3-5-12(14(15)18)16-13(10)8-11/h2-5,8-9,17H,6-7H2,1H3,(H2,15,18). The summed E-state index contributed by atoms with van der Waals surface area (Å²) < 4.78 is 5.51. The van der Waals surface area contributed by atoms with Gasteiger partial charge in [-0.05, 0) is 25.1 Å². The van der Waals surface area contributed by atoms with Crippen LogP contribution in [-0.2, 0) is 0 Å². The number of rotatable bonds is 5. The number of carbonyl (C=O) groups is 1. The summed E-state index contributed by atoms with van der Waals surface area (Å²) in [4.78, 5) is 15.3. The average molecular weight is 260 g/mol. The quantitative estimate of drug-likeness (QED) is 0.852. The molecule has 0 aliphatic carbocycles. The van der Waals surface area contributed by atoms with Gasteiger partial charge in [0.2, 0.25) is 0 Å². The van der Waals surface area contributed by atoms with E-state index < -0.39 is 5.91 Å². The molecular formula is C14H16N2O3. The van der Waals surface area contributed by atoms with Gasteiger partial charge in [-0.3, -0.25) is 4.79 Å². The fourth-order valence-corrected chi connectivity index (χ4v) is 1.67. The molecule has 1 amide bonds. The lowest BCUT2D eigenvalue weighted by Gasteiger charge is -2.08. The zero-order chi connectivity index (χ0) is 13.8. The molecule has 0 spiro atoms. The van der Waals surface area contributed by atoms with Crippen molar-refractivity contribution < 1.29 is 14.6 Å². The third kappa shape index (κ3) is 3.42. The SMILES string of the molecule is CC(O)CCOc1ccc2ccc(C(N)=O)nc2c1. The number of aromatic nitrogens is 1. The molecule has 1 atom stereocenters. The minimum atomic E-state index is -0.553. The highest BCUT2D eigenvalue weighted by atomic mass is 16.5. The molecule has 5 heteroatoms. The highest BCUT2D eigenvalue weighted by molar-refractivity contribution is 5.93. The number of benzene rings is 1. The molecule has 5 nitrogen and oxygen atoms in total. The molecule has 1 heterocycles. The molecule has 1 aromatic carbocycles. The number of aliphatic hydroxyl groups is 1. The summed E-state index contributed by atoms with van der Waals surface area (Å²) in [7, 11) is 0. The van der Waals surface area contributed by atoms with Gasteiger partial charge >= 0.3 is 0 Å². The molecule has 1 aromatic heterocycles. The van der Waals surface area contributed by atoms with Crippen LogP contribution in [0.15, 0.2) is 30.3 Å². The molecule has 0 aliphatic heterocycles. The second kappa shape index (κ2) is 5.67. The Morgan fingerprint density at radius 1 is 1.42 bits per heavy atom. The Kier molecular flexibility index (Phi) is 3.97. The second-order valence-electron chi connectivity index (χ2n) is 4.40. The fourth-order valence-electron chi connectivity index (χ4n) is 1.67. The van der Waals surface area contributed by atoms with Gasteiger partial charge in [0, 0.05) is 17.9 Å². The van der Waals surface area contributed by atoms with Crippen LogP contribution in [0.5, 0.6) is 5.75 Å². The molecule has 3 N–H and O–H groups in total. The van der Waals surface area contributed by atoms with Crippen molar-refractivity contribution in [3.05, 3.63) is 36.0 Å². The summed E-state index contributed by atoms with van der Waals surface area (Å²) in [6.07, 6.45) is 0.173. The molecule has 2 aromatic rings. The van der Waals surface area contributed by atoms with Gasteiger partial charge in [-0.15, -0.1) is 0 Å². The first-order valence-electron chi connectivity index (χ1n) is 6.08. The van der Waals surface area contributed by atoms with Crippen molar-refractivity contribution in [1.82, 2.24) is 4.98 Å². The lowest BCUT2D eigenvalue weighted by atomic mass is 10.2. The lowest BCUT2D eigenvalue weighted by molar-refractivity contribution is 0.0996. The van der Waals surface area contributed by atoms with Crippen molar-refractivity contribution in [1.29, 1.82) is 0 Å². The van der Waals surface area contributed by atoms with E-state index in [4.69, 9.17) is 15.6 Å². The van der Waals surface area contributed by atoms with Crippen LogP contribution in [0.4, 0.5) is 0 Å². The zero-order valence-corrected chi connectivity index (χ0v) is 10.7. The fraction of sp³-hybridized carbons (Fsp3) is 0.286. The van der Waals surface area contributed by atoms with Gasteiger partial charge < -0.3 is 15.6 Å². The Hall–Kier alpha value is -2.14. The van der Waals surface area contributed by atoms with Crippen LogP contribution < -0.4 is 10.5 Å². The van der Waals surface area contributed by atoms with Crippen LogP contribution in [0.1, 0.15) is 23.8 Å². The summed E-state index contributed by atoms with van der Waals surface area (Å²) in [5.74, 6) is 0.101. The predicted octanol–water partition coefficient (Wildman–Crippen LogP) is 1.48. The zero-order valence-electron chi connectivity index (χ0n) is 10.7. The molecule has 0 saturated carbocycles. The van der Waals surface area contributed by atoms with E-state index in [1.165, 1.54) is 0 Å². The molecule has 0 bridgehead atoms. The van der Waals surface area contributed by atoms with E-state index in [2.05, 4.69) is 4.98 Å². The Morgan fingerprint density at radius 3 is 2.84 bits per heavy atom.